The maximum atomic E-state index is 11.8. The molecule has 1 aliphatic rings. The zero-order valence-corrected chi connectivity index (χ0v) is 12.5. The van der Waals surface area contributed by atoms with E-state index in [0.29, 0.717) is 18.9 Å². The summed E-state index contributed by atoms with van der Waals surface area (Å²) < 4.78 is 22.0. The summed E-state index contributed by atoms with van der Waals surface area (Å²) in [5.74, 6) is 0.471. The molecular weight excluding hydrogens is 264 g/mol. The number of rotatable bonds is 7. The lowest BCUT2D eigenvalue weighted by molar-refractivity contribution is -0.122. The third-order valence-corrected chi connectivity index (χ3v) is 4.77. The van der Waals surface area contributed by atoms with E-state index in [1.165, 1.54) is 25.5 Å². The van der Waals surface area contributed by atoms with Gasteiger partial charge in [-0.1, -0.05) is 19.3 Å². The van der Waals surface area contributed by atoms with E-state index >= 15 is 0 Å². The molecule has 1 unspecified atom stereocenters. The van der Waals surface area contributed by atoms with Gasteiger partial charge in [-0.05, 0) is 25.2 Å². The molecule has 0 bridgehead atoms. The fraction of sp³-hybridized carbons (Fsp3) is 0.923. The maximum absolute atomic E-state index is 11.8. The number of nitrogens with two attached hydrogens (primary N) is 1. The largest absolute Gasteiger partial charge is 0.352 e. The van der Waals surface area contributed by atoms with Gasteiger partial charge in [0.25, 0.3) is 0 Å². The molecule has 1 atom stereocenters. The van der Waals surface area contributed by atoms with Gasteiger partial charge < -0.3 is 11.1 Å². The molecule has 0 radical (unpaired) electrons. The van der Waals surface area contributed by atoms with E-state index in [-0.39, 0.29) is 24.1 Å². The first-order valence-corrected chi connectivity index (χ1v) is 9.15. The molecule has 0 saturated heterocycles. The smallest absolute Gasteiger partial charge is 0.220 e. The maximum Gasteiger partial charge on any atom is 0.220 e. The second kappa shape index (κ2) is 7.85. The Morgan fingerprint density at radius 1 is 1.32 bits per heavy atom. The summed E-state index contributed by atoms with van der Waals surface area (Å²) in [5, 5.41) is 2.96. The Kier molecular flexibility index (Phi) is 6.79. The van der Waals surface area contributed by atoms with Crippen LogP contribution in [0, 0.1) is 5.92 Å². The van der Waals surface area contributed by atoms with Crippen LogP contribution in [0.3, 0.4) is 0 Å². The van der Waals surface area contributed by atoms with Gasteiger partial charge >= 0.3 is 0 Å². The zero-order valence-electron chi connectivity index (χ0n) is 11.7. The van der Waals surface area contributed by atoms with Crippen LogP contribution in [0.4, 0.5) is 0 Å². The van der Waals surface area contributed by atoms with Gasteiger partial charge in [0.2, 0.25) is 5.91 Å². The monoisotopic (exact) mass is 290 g/mol. The van der Waals surface area contributed by atoms with Gasteiger partial charge in [-0.25, -0.2) is 8.42 Å². The molecule has 1 amide bonds. The Hall–Kier alpha value is -0.620. The third kappa shape index (κ3) is 6.92. The molecule has 0 heterocycles. The van der Waals surface area contributed by atoms with Crippen molar-refractivity contribution in [3.05, 3.63) is 0 Å². The summed E-state index contributed by atoms with van der Waals surface area (Å²) in [6.45, 7) is 0.461. The van der Waals surface area contributed by atoms with E-state index in [4.69, 9.17) is 5.73 Å². The lowest BCUT2D eigenvalue weighted by Crippen LogP contribution is -2.45. The highest BCUT2D eigenvalue weighted by molar-refractivity contribution is 7.90. The first-order valence-electron chi connectivity index (χ1n) is 7.09. The molecule has 0 aliphatic heterocycles. The Morgan fingerprint density at radius 3 is 2.47 bits per heavy atom. The summed E-state index contributed by atoms with van der Waals surface area (Å²) in [4.78, 5) is 11.8. The van der Waals surface area contributed by atoms with Gasteiger partial charge in [-0.3, -0.25) is 4.79 Å². The predicted octanol–water partition coefficient (Wildman–Crippen LogP) is 0.835. The SMILES string of the molecule is CS(=O)(=O)CCCC(=O)NC(CN)C1CCCCC1. The van der Waals surface area contributed by atoms with E-state index in [1.54, 1.807) is 0 Å². The molecule has 0 aromatic rings. The van der Waals surface area contributed by atoms with E-state index in [2.05, 4.69) is 5.32 Å². The molecule has 0 aromatic carbocycles. The molecule has 6 heteroatoms. The number of nitrogens with one attached hydrogen (secondary N) is 1. The first kappa shape index (κ1) is 16.4. The van der Waals surface area contributed by atoms with Crippen molar-refractivity contribution in [2.75, 3.05) is 18.6 Å². The van der Waals surface area contributed by atoms with Gasteiger partial charge in [0.05, 0.1) is 5.75 Å². The molecule has 19 heavy (non-hydrogen) atoms. The normalized spacial score (nSPS) is 19.1. The minimum atomic E-state index is -2.98. The second-order valence-electron chi connectivity index (χ2n) is 5.54. The van der Waals surface area contributed by atoms with Crippen LogP contribution in [0.1, 0.15) is 44.9 Å². The van der Waals surface area contributed by atoms with Crippen LogP contribution in [0.2, 0.25) is 0 Å². The Labute approximate surface area is 116 Å². The summed E-state index contributed by atoms with van der Waals surface area (Å²) >= 11 is 0. The summed E-state index contributed by atoms with van der Waals surface area (Å²) in [6, 6.07) is 0.0473. The Balaban J connectivity index is 2.32. The highest BCUT2D eigenvalue weighted by Crippen LogP contribution is 2.26. The van der Waals surface area contributed by atoms with Gasteiger partial charge in [0.1, 0.15) is 9.84 Å². The van der Waals surface area contributed by atoms with Gasteiger partial charge in [-0.15, -0.1) is 0 Å². The van der Waals surface area contributed by atoms with E-state index in [1.807, 2.05) is 0 Å². The van der Waals surface area contributed by atoms with Crippen LogP contribution in [0.25, 0.3) is 0 Å². The van der Waals surface area contributed by atoms with Gasteiger partial charge in [0.15, 0.2) is 0 Å². The van der Waals surface area contributed by atoms with Crippen molar-refractivity contribution >= 4 is 15.7 Å². The van der Waals surface area contributed by atoms with Crippen LogP contribution in [0.15, 0.2) is 0 Å². The number of sulfone groups is 1. The quantitative estimate of drug-likeness (QED) is 0.727. The van der Waals surface area contributed by atoms with Crippen molar-refractivity contribution in [1.29, 1.82) is 0 Å². The van der Waals surface area contributed by atoms with Crippen LogP contribution < -0.4 is 11.1 Å². The lowest BCUT2D eigenvalue weighted by Gasteiger charge is -2.30. The molecule has 1 rings (SSSR count). The van der Waals surface area contributed by atoms with Gasteiger partial charge in [-0.2, -0.15) is 0 Å². The van der Waals surface area contributed by atoms with Crippen molar-refractivity contribution in [2.24, 2.45) is 11.7 Å². The summed E-state index contributed by atoms with van der Waals surface area (Å²) in [5.41, 5.74) is 5.74. The molecule has 5 nitrogen and oxygen atoms in total. The van der Waals surface area contributed by atoms with Crippen LogP contribution >= 0.6 is 0 Å². The highest BCUT2D eigenvalue weighted by atomic mass is 32.2. The number of carbonyl (C=O) groups excluding carboxylic acids is 1. The van der Waals surface area contributed by atoms with Crippen LogP contribution in [-0.4, -0.2) is 38.9 Å². The van der Waals surface area contributed by atoms with E-state index < -0.39 is 9.84 Å². The second-order valence-corrected chi connectivity index (χ2v) is 7.80. The molecule has 1 saturated carbocycles. The first-order chi connectivity index (χ1) is 8.92. The minimum Gasteiger partial charge on any atom is -0.352 e. The number of carbonyl (C=O) groups is 1. The molecule has 3 N–H and O–H groups in total. The van der Waals surface area contributed by atoms with E-state index in [9.17, 15) is 13.2 Å². The summed E-state index contributed by atoms with van der Waals surface area (Å²) in [7, 11) is -2.98. The van der Waals surface area contributed by atoms with E-state index in [0.717, 1.165) is 12.8 Å². The topological polar surface area (TPSA) is 89.3 Å². The standard InChI is InChI=1S/C13H26N2O3S/c1-19(17,18)9-5-8-13(16)15-12(10-14)11-6-3-2-4-7-11/h11-12H,2-10,14H2,1H3,(H,15,16). The molecule has 112 valence electrons. The Morgan fingerprint density at radius 2 is 1.95 bits per heavy atom. The van der Waals surface area contributed by atoms with Crippen molar-refractivity contribution in [1.82, 2.24) is 5.32 Å². The molecule has 0 spiro atoms. The summed E-state index contributed by atoms with van der Waals surface area (Å²) in [6.07, 6.45) is 7.79. The van der Waals surface area contributed by atoms with Crippen molar-refractivity contribution < 1.29 is 13.2 Å². The fourth-order valence-corrected chi connectivity index (χ4v) is 3.35. The highest BCUT2D eigenvalue weighted by Gasteiger charge is 2.23. The average Bonchev–Trinajstić information content (AvgIpc) is 2.35. The molecule has 1 fully saturated rings. The molecular formula is C13H26N2O3S. The lowest BCUT2D eigenvalue weighted by atomic mass is 9.84. The number of amides is 1. The van der Waals surface area contributed by atoms with Crippen molar-refractivity contribution in [2.45, 2.75) is 51.0 Å². The van der Waals surface area contributed by atoms with Gasteiger partial charge in [0, 0.05) is 25.3 Å². The fourth-order valence-electron chi connectivity index (χ4n) is 2.68. The molecule has 1 aliphatic carbocycles. The predicted molar refractivity (Wildman–Crippen MR) is 76.5 cm³/mol. The molecule has 0 aromatic heterocycles. The third-order valence-electron chi connectivity index (χ3n) is 3.74. The van der Waals surface area contributed by atoms with Crippen LogP contribution in [0.5, 0.6) is 0 Å². The average molecular weight is 290 g/mol. The zero-order chi connectivity index (χ0) is 14.3. The Bertz CT molecular complexity index is 375. The van der Waals surface area contributed by atoms with Crippen molar-refractivity contribution in [3.63, 3.8) is 0 Å². The number of hydrogen-bond donors (Lipinski definition) is 2. The van der Waals surface area contributed by atoms with Crippen LogP contribution in [-0.2, 0) is 14.6 Å². The van der Waals surface area contributed by atoms with Crippen molar-refractivity contribution in [3.8, 4) is 0 Å². The number of hydrogen-bond acceptors (Lipinski definition) is 4. The minimum absolute atomic E-state index is 0.0473.